The van der Waals surface area contributed by atoms with Gasteiger partial charge in [0.2, 0.25) is 10.0 Å². The SMILES string of the molecule is CN=C(NCCCN(C(C)C)C(C)C)NCc1ccc(S(N)(=O)=O)s1.I. The molecule has 0 atom stereocenters. The van der Waals surface area contributed by atoms with E-state index in [0.717, 1.165) is 24.4 Å². The summed E-state index contributed by atoms with van der Waals surface area (Å²) in [6, 6.07) is 4.35. The molecule has 4 N–H and O–H groups in total. The highest BCUT2D eigenvalue weighted by molar-refractivity contribution is 14.0. The van der Waals surface area contributed by atoms with Crippen LogP contribution in [0.5, 0.6) is 0 Å². The molecule has 1 aromatic heterocycles. The van der Waals surface area contributed by atoms with Crippen LogP contribution in [0.25, 0.3) is 0 Å². The molecule has 0 unspecified atom stereocenters. The molecule has 0 aliphatic heterocycles. The first-order chi connectivity index (χ1) is 11.6. The van der Waals surface area contributed by atoms with Crippen molar-refractivity contribution < 1.29 is 8.42 Å². The molecule has 0 amide bonds. The van der Waals surface area contributed by atoms with E-state index in [9.17, 15) is 8.42 Å². The Bertz CT molecular complexity index is 651. The minimum Gasteiger partial charge on any atom is -0.356 e. The number of aliphatic imine (C=N–C) groups is 1. The Hall–Kier alpha value is -0.430. The van der Waals surface area contributed by atoms with E-state index in [1.807, 2.05) is 0 Å². The van der Waals surface area contributed by atoms with Crippen molar-refractivity contribution in [1.29, 1.82) is 0 Å². The van der Waals surface area contributed by atoms with Gasteiger partial charge in [0.05, 0.1) is 6.54 Å². The summed E-state index contributed by atoms with van der Waals surface area (Å²) in [4.78, 5) is 7.53. The molecule has 0 saturated carbocycles. The molecule has 152 valence electrons. The van der Waals surface area contributed by atoms with Gasteiger partial charge in [0.1, 0.15) is 4.21 Å². The van der Waals surface area contributed by atoms with Crippen molar-refractivity contribution in [1.82, 2.24) is 15.5 Å². The number of thiophene rings is 1. The van der Waals surface area contributed by atoms with Crippen molar-refractivity contribution in [3.8, 4) is 0 Å². The Morgan fingerprint density at radius 2 is 1.85 bits per heavy atom. The smallest absolute Gasteiger partial charge is 0.247 e. The Morgan fingerprint density at radius 3 is 2.31 bits per heavy atom. The third-order valence-electron chi connectivity index (χ3n) is 3.78. The van der Waals surface area contributed by atoms with Gasteiger partial charge in [-0.15, -0.1) is 35.3 Å². The standard InChI is InChI=1S/C16H31N5O2S2.HI/c1-12(2)21(13(3)4)10-6-9-19-16(18-5)20-11-14-7-8-15(24-14)25(17,22)23;/h7-8,12-13H,6,9-11H2,1-5H3,(H2,17,22,23)(H2,18,19,20);1H. The largest absolute Gasteiger partial charge is 0.356 e. The van der Waals surface area contributed by atoms with Crippen molar-refractivity contribution in [2.75, 3.05) is 20.1 Å². The van der Waals surface area contributed by atoms with E-state index in [1.165, 1.54) is 17.4 Å². The van der Waals surface area contributed by atoms with Crippen LogP contribution in [-0.2, 0) is 16.6 Å². The zero-order valence-electron chi connectivity index (χ0n) is 16.2. The van der Waals surface area contributed by atoms with Gasteiger partial charge in [0.25, 0.3) is 0 Å². The van der Waals surface area contributed by atoms with Crippen LogP contribution in [0.2, 0.25) is 0 Å². The highest BCUT2D eigenvalue weighted by Crippen LogP contribution is 2.19. The number of primary sulfonamides is 1. The lowest BCUT2D eigenvalue weighted by molar-refractivity contribution is 0.173. The summed E-state index contributed by atoms with van der Waals surface area (Å²) in [6.07, 6.45) is 1.02. The molecule has 0 aromatic carbocycles. The molecular weight excluding hydrogens is 485 g/mol. The molecule has 0 radical (unpaired) electrons. The average Bonchev–Trinajstić information content (AvgIpc) is 2.98. The number of rotatable bonds is 9. The van der Waals surface area contributed by atoms with Gasteiger partial charge in [-0.05, 0) is 46.2 Å². The van der Waals surface area contributed by atoms with Gasteiger partial charge in [0, 0.05) is 37.1 Å². The zero-order chi connectivity index (χ0) is 19.0. The summed E-state index contributed by atoms with van der Waals surface area (Å²) >= 11 is 1.17. The average molecular weight is 518 g/mol. The van der Waals surface area contributed by atoms with Gasteiger partial charge in [-0.1, -0.05) is 0 Å². The number of nitrogens with one attached hydrogen (secondary N) is 2. The molecule has 0 aliphatic carbocycles. The summed E-state index contributed by atoms with van der Waals surface area (Å²) in [7, 11) is -1.91. The first-order valence-electron chi connectivity index (χ1n) is 8.47. The fraction of sp³-hybridized carbons (Fsp3) is 0.688. The van der Waals surface area contributed by atoms with Gasteiger partial charge in [0.15, 0.2) is 5.96 Å². The lowest BCUT2D eigenvalue weighted by atomic mass is 10.2. The van der Waals surface area contributed by atoms with Crippen molar-refractivity contribution in [2.24, 2.45) is 10.1 Å². The normalized spacial score (nSPS) is 12.6. The second kappa shape index (κ2) is 12.1. The van der Waals surface area contributed by atoms with Crippen molar-refractivity contribution in [3.63, 3.8) is 0 Å². The highest BCUT2D eigenvalue weighted by Gasteiger charge is 2.13. The van der Waals surface area contributed by atoms with E-state index in [1.54, 1.807) is 13.1 Å². The number of nitrogens with zero attached hydrogens (tertiary/aromatic N) is 2. The Balaban J connectivity index is 0.00000625. The first kappa shape index (κ1) is 25.6. The number of sulfonamides is 1. The number of nitrogens with two attached hydrogens (primary N) is 1. The Morgan fingerprint density at radius 1 is 1.23 bits per heavy atom. The van der Waals surface area contributed by atoms with Crippen LogP contribution in [0.4, 0.5) is 0 Å². The lowest BCUT2D eigenvalue weighted by Crippen LogP contribution is -2.41. The summed E-state index contributed by atoms with van der Waals surface area (Å²) in [5.74, 6) is 0.700. The summed E-state index contributed by atoms with van der Waals surface area (Å²) in [6.45, 7) is 11.2. The van der Waals surface area contributed by atoms with Gasteiger partial charge >= 0.3 is 0 Å². The Labute approximate surface area is 178 Å². The quantitative estimate of drug-likeness (QED) is 0.202. The van der Waals surface area contributed by atoms with Crippen LogP contribution < -0.4 is 15.8 Å². The van der Waals surface area contributed by atoms with Gasteiger partial charge < -0.3 is 10.6 Å². The van der Waals surface area contributed by atoms with Crippen LogP contribution in [0.15, 0.2) is 21.3 Å². The molecule has 1 rings (SSSR count). The van der Waals surface area contributed by atoms with E-state index in [0.29, 0.717) is 24.6 Å². The van der Waals surface area contributed by atoms with Crippen molar-refractivity contribution >= 4 is 51.3 Å². The van der Waals surface area contributed by atoms with Crippen molar-refractivity contribution in [2.45, 2.75) is 57.0 Å². The maximum Gasteiger partial charge on any atom is 0.247 e. The van der Waals surface area contributed by atoms with E-state index < -0.39 is 10.0 Å². The molecule has 0 saturated heterocycles. The third kappa shape index (κ3) is 8.98. The van der Waals surface area contributed by atoms with E-state index >= 15 is 0 Å². The molecule has 1 heterocycles. The molecule has 0 aliphatic rings. The maximum atomic E-state index is 11.3. The molecule has 1 aromatic rings. The number of guanidine groups is 1. The monoisotopic (exact) mass is 517 g/mol. The van der Waals surface area contributed by atoms with Crippen LogP contribution in [0.1, 0.15) is 39.0 Å². The zero-order valence-corrected chi connectivity index (χ0v) is 20.1. The van der Waals surface area contributed by atoms with Crippen molar-refractivity contribution in [3.05, 3.63) is 17.0 Å². The highest BCUT2D eigenvalue weighted by atomic mass is 127. The minimum atomic E-state index is -3.63. The summed E-state index contributed by atoms with van der Waals surface area (Å²) in [5, 5.41) is 11.6. The van der Waals surface area contributed by atoms with Gasteiger partial charge in [-0.3, -0.25) is 9.89 Å². The van der Waals surface area contributed by atoms with E-state index in [2.05, 4.69) is 48.2 Å². The summed E-state index contributed by atoms with van der Waals surface area (Å²) in [5.41, 5.74) is 0. The molecule has 0 spiro atoms. The lowest BCUT2D eigenvalue weighted by Gasteiger charge is -2.30. The number of hydrogen-bond acceptors (Lipinski definition) is 5. The van der Waals surface area contributed by atoms with Crippen LogP contribution in [0, 0.1) is 0 Å². The van der Waals surface area contributed by atoms with Gasteiger partial charge in [-0.2, -0.15) is 0 Å². The van der Waals surface area contributed by atoms with Gasteiger partial charge in [-0.25, -0.2) is 13.6 Å². The number of hydrogen-bond donors (Lipinski definition) is 3. The fourth-order valence-electron chi connectivity index (χ4n) is 2.58. The molecule has 0 bridgehead atoms. The molecule has 0 fully saturated rings. The second-order valence-corrected chi connectivity index (χ2v) is 9.35. The predicted molar refractivity (Wildman–Crippen MR) is 121 cm³/mol. The fourth-order valence-corrected chi connectivity index (χ4v) is 4.30. The molecule has 7 nitrogen and oxygen atoms in total. The predicted octanol–water partition coefficient (Wildman–Crippen LogP) is 2.19. The summed E-state index contributed by atoms with van der Waals surface area (Å²) < 4.78 is 22.8. The maximum absolute atomic E-state index is 11.3. The molecular formula is C16H32IN5O2S2. The van der Waals surface area contributed by atoms with E-state index in [-0.39, 0.29) is 28.2 Å². The molecule has 10 heteroatoms. The Kier molecular flexibility index (Phi) is 11.9. The van der Waals surface area contributed by atoms with E-state index in [4.69, 9.17) is 5.14 Å². The number of halogens is 1. The topological polar surface area (TPSA) is 99.8 Å². The van der Waals surface area contributed by atoms with Crippen LogP contribution in [0.3, 0.4) is 0 Å². The molecule has 26 heavy (non-hydrogen) atoms. The third-order valence-corrected chi connectivity index (χ3v) is 6.31. The minimum absolute atomic E-state index is 0. The van der Waals surface area contributed by atoms with Crippen LogP contribution >= 0.6 is 35.3 Å². The first-order valence-corrected chi connectivity index (χ1v) is 10.8. The van der Waals surface area contributed by atoms with Crippen LogP contribution in [-0.4, -0.2) is 51.5 Å². The second-order valence-electron chi connectivity index (χ2n) is 6.40.